The number of rotatable bonds is 6. The highest BCUT2D eigenvalue weighted by Crippen LogP contribution is 2.24. The summed E-state index contributed by atoms with van der Waals surface area (Å²) < 4.78 is 0. The van der Waals surface area contributed by atoms with Crippen LogP contribution in [0.3, 0.4) is 0 Å². The number of hydrogen-bond donors (Lipinski definition) is 2. The van der Waals surface area contributed by atoms with E-state index in [2.05, 4.69) is 19.2 Å². The van der Waals surface area contributed by atoms with Crippen LogP contribution in [0.2, 0.25) is 5.02 Å². The number of hydrogen-bond acceptors (Lipinski definition) is 2. The van der Waals surface area contributed by atoms with Crippen LogP contribution in [0.5, 0.6) is 0 Å². The fourth-order valence-corrected chi connectivity index (χ4v) is 1.86. The SMILES string of the molecule is CCCCCC(C)Nc1cc(Cl)ccc1N. The zero-order valence-corrected chi connectivity index (χ0v) is 10.8. The minimum atomic E-state index is 0.437. The number of unbranched alkanes of at least 4 members (excludes halogenated alkanes) is 2. The molecule has 0 heterocycles. The van der Waals surface area contributed by atoms with Crippen molar-refractivity contribution in [2.45, 2.75) is 45.6 Å². The largest absolute Gasteiger partial charge is 0.397 e. The van der Waals surface area contributed by atoms with E-state index in [1.807, 2.05) is 18.2 Å². The van der Waals surface area contributed by atoms with Gasteiger partial charge in [-0.2, -0.15) is 0 Å². The molecule has 1 unspecified atom stereocenters. The molecule has 0 fully saturated rings. The van der Waals surface area contributed by atoms with Crippen LogP contribution in [0.1, 0.15) is 39.5 Å². The van der Waals surface area contributed by atoms with Crippen LogP contribution in [0, 0.1) is 0 Å². The summed E-state index contributed by atoms with van der Waals surface area (Å²) in [7, 11) is 0. The van der Waals surface area contributed by atoms with Crippen molar-refractivity contribution in [1.29, 1.82) is 0 Å². The molecule has 1 rings (SSSR count). The minimum Gasteiger partial charge on any atom is -0.397 e. The Morgan fingerprint density at radius 2 is 2.12 bits per heavy atom. The van der Waals surface area contributed by atoms with Crippen LogP contribution in [-0.2, 0) is 0 Å². The summed E-state index contributed by atoms with van der Waals surface area (Å²) in [6, 6.07) is 5.97. The van der Waals surface area contributed by atoms with Gasteiger partial charge in [0, 0.05) is 11.1 Å². The Morgan fingerprint density at radius 3 is 2.81 bits per heavy atom. The lowest BCUT2D eigenvalue weighted by Crippen LogP contribution is -2.15. The van der Waals surface area contributed by atoms with Crippen LogP contribution in [-0.4, -0.2) is 6.04 Å². The quantitative estimate of drug-likeness (QED) is 0.575. The molecule has 0 radical (unpaired) electrons. The second-order valence-electron chi connectivity index (χ2n) is 4.27. The van der Waals surface area contributed by atoms with Gasteiger partial charge in [0.05, 0.1) is 11.4 Å². The average molecular weight is 241 g/mol. The minimum absolute atomic E-state index is 0.437. The lowest BCUT2D eigenvalue weighted by atomic mass is 10.1. The maximum atomic E-state index is 5.93. The van der Waals surface area contributed by atoms with Crippen molar-refractivity contribution >= 4 is 23.0 Å². The number of halogens is 1. The van der Waals surface area contributed by atoms with E-state index in [4.69, 9.17) is 17.3 Å². The van der Waals surface area contributed by atoms with E-state index in [1.165, 1.54) is 25.7 Å². The fraction of sp³-hybridized carbons (Fsp3) is 0.538. The van der Waals surface area contributed by atoms with Gasteiger partial charge in [-0.05, 0) is 31.5 Å². The summed E-state index contributed by atoms with van der Waals surface area (Å²) in [4.78, 5) is 0. The van der Waals surface area contributed by atoms with E-state index in [9.17, 15) is 0 Å². The third kappa shape index (κ3) is 4.31. The number of benzene rings is 1. The Labute approximate surface area is 103 Å². The zero-order valence-electron chi connectivity index (χ0n) is 10.1. The molecule has 16 heavy (non-hydrogen) atoms. The van der Waals surface area contributed by atoms with Gasteiger partial charge in [0.15, 0.2) is 0 Å². The standard InChI is InChI=1S/C13H21ClN2/c1-3-4-5-6-10(2)16-13-9-11(14)7-8-12(13)15/h7-10,16H,3-6,15H2,1-2H3. The molecule has 3 N–H and O–H groups in total. The highest BCUT2D eigenvalue weighted by atomic mass is 35.5. The molecule has 0 aliphatic heterocycles. The summed E-state index contributed by atoms with van der Waals surface area (Å²) in [6.07, 6.45) is 4.97. The molecule has 0 saturated carbocycles. The molecular weight excluding hydrogens is 220 g/mol. The van der Waals surface area contributed by atoms with Crippen molar-refractivity contribution in [1.82, 2.24) is 0 Å². The second-order valence-corrected chi connectivity index (χ2v) is 4.71. The molecule has 3 heteroatoms. The van der Waals surface area contributed by atoms with Crippen molar-refractivity contribution in [3.8, 4) is 0 Å². The monoisotopic (exact) mass is 240 g/mol. The molecule has 0 bridgehead atoms. The molecule has 0 amide bonds. The van der Waals surface area contributed by atoms with Crippen molar-refractivity contribution in [2.75, 3.05) is 11.1 Å². The third-order valence-electron chi connectivity index (χ3n) is 2.66. The van der Waals surface area contributed by atoms with Crippen LogP contribution >= 0.6 is 11.6 Å². The molecule has 1 aromatic carbocycles. The molecule has 2 nitrogen and oxygen atoms in total. The zero-order chi connectivity index (χ0) is 12.0. The molecule has 90 valence electrons. The van der Waals surface area contributed by atoms with E-state index in [-0.39, 0.29) is 0 Å². The Morgan fingerprint density at radius 1 is 1.38 bits per heavy atom. The summed E-state index contributed by atoms with van der Waals surface area (Å²) in [6.45, 7) is 4.39. The molecule has 1 aromatic rings. The van der Waals surface area contributed by atoms with Crippen molar-refractivity contribution in [3.63, 3.8) is 0 Å². The maximum Gasteiger partial charge on any atom is 0.0590 e. The van der Waals surface area contributed by atoms with Crippen molar-refractivity contribution in [3.05, 3.63) is 23.2 Å². The number of nitrogens with two attached hydrogens (primary N) is 1. The van der Waals surface area contributed by atoms with Crippen LogP contribution in [0.4, 0.5) is 11.4 Å². The first-order chi connectivity index (χ1) is 7.63. The van der Waals surface area contributed by atoms with E-state index < -0.39 is 0 Å². The third-order valence-corrected chi connectivity index (χ3v) is 2.89. The molecule has 0 aliphatic rings. The average Bonchev–Trinajstić information content (AvgIpc) is 2.24. The van der Waals surface area contributed by atoms with E-state index in [0.29, 0.717) is 6.04 Å². The van der Waals surface area contributed by atoms with Gasteiger partial charge in [-0.25, -0.2) is 0 Å². The highest BCUT2D eigenvalue weighted by molar-refractivity contribution is 6.31. The lowest BCUT2D eigenvalue weighted by molar-refractivity contribution is 0.615. The van der Waals surface area contributed by atoms with Crippen LogP contribution in [0.25, 0.3) is 0 Å². The molecule has 1 atom stereocenters. The summed E-state index contributed by atoms with van der Waals surface area (Å²) in [5.41, 5.74) is 7.57. The molecular formula is C13H21ClN2. The highest BCUT2D eigenvalue weighted by Gasteiger charge is 2.05. The van der Waals surface area contributed by atoms with Crippen molar-refractivity contribution in [2.24, 2.45) is 0 Å². The van der Waals surface area contributed by atoms with Gasteiger partial charge in [-0.1, -0.05) is 37.8 Å². The molecule has 0 aliphatic carbocycles. The molecule has 0 spiro atoms. The first-order valence-electron chi connectivity index (χ1n) is 5.95. The topological polar surface area (TPSA) is 38.0 Å². The van der Waals surface area contributed by atoms with Gasteiger partial charge in [0.2, 0.25) is 0 Å². The van der Waals surface area contributed by atoms with Gasteiger partial charge in [0.25, 0.3) is 0 Å². The first kappa shape index (κ1) is 13.2. The summed E-state index contributed by atoms with van der Waals surface area (Å²) >= 11 is 5.93. The maximum absolute atomic E-state index is 5.93. The smallest absolute Gasteiger partial charge is 0.0590 e. The Bertz CT molecular complexity index is 326. The molecule has 0 aromatic heterocycles. The van der Waals surface area contributed by atoms with Gasteiger partial charge in [0.1, 0.15) is 0 Å². The molecule has 0 saturated heterocycles. The van der Waals surface area contributed by atoms with Crippen molar-refractivity contribution < 1.29 is 0 Å². The number of nitrogen functional groups attached to an aromatic ring is 1. The number of anilines is 2. The second kappa shape index (κ2) is 6.64. The summed E-state index contributed by atoms with van der Waals surface area (Å²) in [5.74, 6) is 0. The van der Waals surface area contributed by atoms with Crippen LogP contribution in [0.15, 0.2) is 18.2 Å². The Hall–Kier alpha value is -0.890. The predicted molar refractivity (Wildman–Crippen MR) is 73.1 cm³/mol. The van der Waals surface area contributed by atoms with E-state index in [1.54, 1.807) is 0 Å². The van der Waals surface area contributed by atoms with E-state index in [0.717, 1.165) is 16.4 Å². The summed E-state index contributed by atoms with van der Waals surface area (Å²) in [5, 5.41) is 4.12. The lowest BCUT2D eigenvalue weighted by Gasteiger charge is -2.16. The predicted octanol–water partition coefficient (Wildman–Crippen LogP) is 4.30. The van der Waals surface area contributed by atoms with Gasteiger partial charge in [-0.15, -0.1) is 0 Å². The Balaban J connectivity index is 2.48. The Kier molecular flexibility index (Phi) is 5.47. The van der Waals surface area contributed by atoms with E-state index >= 15 is 0 Å². The van der Waals surface area contributed by atoms with Gasteiger partial charge >= 0.3 is 0 Å². The van der Waals surface area contributed by atoms with Crippen LogP contribution < -0.4 is 11.1 Å². The van der Waals surface area contributed by atoms with Gasteiger partial charge < -0.3 is 11.1 Å². The normalized spacial score (nSPS) is 12.4. The fourth-order valence-electron chi connectivity index (χ4n) is 1.69. The number of nitrogens with one attached hydrogen (secondary N) is 1. The van der Waals surface area contributed by atoms with Gasteiger partial charge in [-0.3, -0.25) is 0 Å². The first-order valence-corrected chi connectivity index (χ1v) is 6.33.